The maximum atomic E-state index is 11.8. The molecule has 1 aliphatic rings. The van der Waals surface area contributed by atoms with Crippen LogP contribution in [0.4, 0.5) is 0 Å². The Hall–Kier alpha value is -2.25. The summed E-state index contributed by atoms with van der Waals surface area (Å²) in [5.41, 5.74) is 0.404. The van der Waals surface area contributed by atoms with Gasteiger partial charge in [-0.1, -0.05) is 0 Å². The van der Waals surface area contributed by atoms with Gasteiger partial charge in [0.15, 0.2) is 0 Å². The van der Waals surface area contributed by atoms with E-state index >= 15 is 0 Å². The molecular weight excluding hydrogens is 248 g/mol. The van der Waals surface area contributed by atoms with Gasteiger partial charge in [0.05, 0.1) is 0 Å². The van der Waals surface area contributed by atoms with Crippen molar-refractivity contribution in [1.82, 2.24) is 25.5 Å². The number of nitrogens with zero attached hydrogens (tertiary/aromatic N) is 4. The van der Waals surface area contributed by atoms with Crippen LogP contribution in [0.3, 0.4) is 0 Å². The average molecular weight is 264 g/mol. The minimum atomic E-state index is -0.211. The first kappa shape index (κ1) is 13.2. The van der Waals surface area contributed by atoms with Gasteiger partial charge in [-0.15, -0.1) is 0 Å². The molecule has 19 heavy (non-hydrogen) atoms. The summed E-state index contributed by atoms with van der Waals surface area (Å²) in [6.07, 6.45) is 3.68. The number of hydrazone groups is 1. The fourth-order valence-electron chi connectivity index (χ4n) is 1.74. The van der Waals surface area contributed by atoms with Crippen molar-refractivity contribution < 1.29 is 9.59 Å². The van der Waals surface area contributed by atoms with Crippen molar-refractivity contribution in [3.05, 3.63) is 12.2 Å². The SMILES string of the molecule is CN1N=C(C(=O)NCCCc2ncn[nH]2)CCC1=O. The first-order valence-electron chi connectivity index (χ1n) is 6.13. The van der Waals surface area contributed by atoms with E-state index in [0.29, 0.717) is 25.1 Å². The Bertz CT molecular complexity index is 481. The number of H-pyrrole nitrogens is 1. The Morgan fingerprint density at radius 1 is 1.53 bits per heavy atom. The molecule has 1 aliphatic heterocycles. The van der Waals surface area contributed by atoms with Gasteiger partial charge in [-0.05, 0) is 6.42 Å². The fourth-order valence-corrected chi connectivity index (χ4v) is 1.74. The number of aromatic amines is 1. The maximum absolute atomic E-state index is 11.8. The van der Waals surface area contributed by atoms with Crippen molar-refractivity contribution in [2.24, 2.45) is 5.10 Å². The summed E-state index contributed by atoms with van der Waals surface area (Å²) in [5.74, 6) is 0.522. The van der Waals surface area contributed by atoms with Crippen molar-refractivity contribution in [2.45, 2.75) is 25.7 Å². The average Bonchev–Trinajstić information content (AvgIpc) is 2.91. The van der Waals surface area contributed by atoms with E-state index in [1.807, 2.05) is 0 Å². The smallest absolute Gasteiger partial charge is 0.267 e. The molecule has 8 nitrogen and oxygen atoms in total. The summed E-state index contributed by atoms with van der Waals surface area (Å²) in [4.78, 5) is 27.0. The molecule has 2 N–H and O–H groups in total. The third-order valence-electron chi connectivity index (χ3n) is 2.81. The Balaban J connectivity index is 1.72. The van der Waals surface area contributed by atoms with E-state index in [1.165, 1.54) is 11.3 Å². The van der Waals surface area contributed by atoms with Crippen LogP contribution < -0.4 is 5.32 Å². The Labute approximate surface area is 110 Å². The van der Waals surface area contributed by atoms with E-state index < -0.39 is 0 Å². The highest BCUT2D eigenvalue weighted by Gasteiger charge is 2.21. The second-order valence-corrected chi connectivity index (χ2v) is 4.26. The van der Waals surface area contributed by atoms with Gasteiger partial charge in [0.2, 0.25) is 5.91 Å². The normalized spacial score (nSPS) is 15.3. The largest absolute Gasteiger partial charge is 0.351 e. The van der Waals surface area contributed by atoms with Crippen LogP contribution in [0.25, 0.3) is 0 Å². The fraction of sp³-hybridized carbons (Fsp3) is 0.545. The lowest BCUT2D eigenvalue weighted by Gasteiger charge is -2.18. The monoisotopic (exact) mass is 264 g/mol. The summed E-state index contributed by atoms with van der Waals surface area (Å²) < 4.78 is 0. The minimum Gasteiger partial charge on any atom is -0.351 e. The number of aryl methyl sites for hydroxylation is 1. The molecule has 2 rings (SSSR count). The molecular formula is C11H16N6O2. The van der Waals surface area contributed by atoms with Gasteiger partial charge in [0.25, 0.3) is 5.91 Å². The van der Waals surface area contributed by atoms with Crippen LogP contribution in [-0.4, -0.2) is 51.3 Å². The van der Waals surface area contributed by atoms with Crippen LogP contribution in [-0.2, 0) is 16.0 Å². The van der Waals surface area contributed by atoms with E-state index in [1.54, 1.807) is 7.05 Å². The lowest BCUT2D eigenvalue weighted by atomic mass is 10.1. The van der Waals surface area contributed by atoms with E-state index in [9.17, 15) is 9.59 Å². The molecule has 0 aliphatic carbocycles. The van der Waals surface area contributed by atoms with Crippen molar-refractivity contribution >= 4 is 17.5 Å². The van der Waals surface area contributed by atoms with Crippen LogP contribution in [0.5, 0.6) is 0 Å². The first-order valence-corrected chi connectivity index (χ1v) is 6.13. The molecule has 0 fully saturated rings. The molecule has 0 bridgehead atoms. The molecule has 1 aromatic heterocycles. The number of carbonyl (C=O) groups is 2. The zero-order valence-electron chi connectivity index (χ0n) is 10.7. The zero-order valence-corrected chi connectivity index (χ0v) is 10.7. The topological polar surface area (TPSA) is 103 Å². The molecule has 0 spiro atoms. The molecule has 1 aromatic rings. The molecule has 0 unspecified atom stereocenters. The Kier molecular flexibility index (Phi) is 4.22. The van der Waals surface area contributed by atoms with E-state index in [4.69, 9.17) is 0 Å². The molecule has 102 valence electrons. The minimum absolute atomic E-state index is 0.0677. The number of amides is 2. The van der Waals surface area contributed by atoms with E-state index in [0.717, 1.165) is 18.7 Å². The number of nitrogens with one attached hydrogen (secondary N) is 2. The molecule has 0 saturated carbocycles. The summed E-state index contributed by atoms with van der Waals surface area (Å²) in [6.45, 7) is 0.538. The molecule has 0 radical (unpaired) electrons. The standard InChI is InChI=1S/C11H16N6O2/c1-17-10(18)5-4-8(16-17)11(19)12-6-2-3-9-13-7-14-15-9/h7H,2-6H2,1H3,(H,12,19)(H,13,14,15). The van der Waals surface area contributed by atoms with Gasteiger partial charge >= 0.3 is 0 Å². The molecule has 0 atom stereocenters. The van der Waals surface area contributed by atoms with Crippen molar-refractivity contribution in [2.75, 3.05) is 13.6 Å². The van der Waals surface area contributed by atoms with Gasteiger partial charge in [-0.2, -0.15) is 10.2 Å². The van der Waals surface area contributed by atoms with Crippen molar-refractivity contribution in [3.63, 3.8) is 0 Å². The van der Waals surface area contributed by atoms with Crippen LogP contribution in [0.15, 0.2) is 11.4 Å². The van der Waals surface area contributed by atoms with Gasteiger partial charge < -0.3 is 5.32 Å². The quantitative estimate of drug-likeness (QED) is 0.697. The number of aromatic nitrogens is 3. The van der Waals surface area contributed by atoms with E-state index in [2.05, 4.69) is 25.6 Å². The molecule has 0 aromatic carbocycles. The van der Waals surface area contributed by atoms with Crippen molar-refractivity contribution in [1.29, 1.82) is 0 Å². The van der Waals surface area contributed by atoms with Crippen LogP contribution in [0.2, 0.25) is 0 Å². The number of rotatable bonds is 5. The predicted octanol–water partition coefficient (Wildman–Crippen LogP) is -0.538. The molecule has 2 amide bonds. The predicted molar refractivity (Wildman–Crippen MR) is 67.2 cm³/mol. The maximum Gasteiger partial charge on any atom is 0.267 e. The van der Waals surface area contributed by atoms with Crippen LogP contribution in [0.1, 0.15) is 25.1 Å². The Morgan fingerprint density at radius 2 is 2.37 bits per heavy atom. The van der Waals surface area contributed by atoms with Gasteiger partial charge in [0.1, 0.15) is 17.9 Å². The lowest BCUT2D eigenvalue weighted by Crippen LogP contribution is -2.38. The molecule has 8 heteroatoms. The number of hydrogen-bond donors (Lipinski definition) is 2. The molecule has 0 saturated heterocycles. The van der Waals surface area contributed by atoms with Gasteiger partial charge in [-0.3, -0.25) is 14.7 Å². The second-order valence-electron chi connectivity index (χ2n) is 4.26. The number of carbonyl (C=O) groups excluding carboxylic acids is 2. The van der Waals surface area contributed by atoms with Crippen LogP contribution >= 0.6 is 0 Å². The zero-order chi connectivity index (χ0) is 13.7. The lowest BCUT2D eigenvalue weighted by molar-refractivity contribution is -0.130. The third-order valence-corrected chi connectivity index (χ3v) is 2.81. The highest BCUT2D eigenvalue weighted by Crippen LogP contribution is 2.06. The first-order chi connectivity index (χ1) is 9.16. The summed E-state index contributed by atoms with van der Waals surface area (Å²) in [7, 11) is 1.55. The second kappa shape index (κ2) is 6.07. The number of hydrogen-bond acceptors (Lipinski definition) is 5. The van der Waals surface area contributed by atoms with Gasteiger partial charge in [-0.25, -0.2) is 9.99 Å². The summed E-state index contributed by atoms with van der Waals surface area (Å²) in [6, 6.07) is 0. The van der Waals surface area contributed by atoms with Gasteiger partial charge in [0, 0.05) is 32.9 Å². The summed E-state index contributed by atoms with van der Waals surface area (Å²) in [5, 5.41) is 14.4. The van der Waals surface area contributed by atoms with Crippen molar-refractivity contribution in [3.8, 4) is 0 Å². The van der Waals surface area contributed by atoms with E-state index in [-0.39, 0.29) is 11.8 Å². The third kappa shape index (κ3) is 3.60. The van der Waals surface area contributed by atoms with Crippen LogP contribution in [0, 0.1) is 0 Å². The highest BCUT2D eigenvalue weighted by atomic mass is 16.2. The summed E-state index contributed by atoms with van der Waals surface area (Å²) >= 11 is 0. The highest BCUT2D eigenvalue weighted by molar-refractivity contribution is 6.39. The molecule has 2 heterocycles. The Morgan fingerprint density at radius 3 is 3.05 bits per heavy atom.